The molecule has 15 heavy (non-hydrogen) atoms. The van der Waals surface area contributed by atoms with E-state index in [-0.39, 0.29) is 5.91 Å². The Kier molecular flexibility index (Phi) is 2.07. The van der Waals surface area contributed by atoms with Gasteiger partial charge in [-0.3, -0.25) is 4.79 Å². The van der Waals surface area contributed by atoms with Crippen molar-refractivity contribution >= 4 is 23.3 Å². The molecule has 1 unspecified atom stereocenters. The molecule has 78 valence electrons. The Labute approximate surface area is 86.9 Å². The van der Waals surface area contributed by atoms with E-state index in [4.69, 9.17) is 5.73 Å². The number of urea groups is 1. The van der Waals surface area contributed by atoms with E-state index >= 15 is 0 Å². The molecule has 0 aromatic heterocycles. The van der Waals surface area contributed by atoms with Crippen molar-refractivity contribution in [2.45, 2.75) is 13.0 Å². The predicted octanol–water partition coefficient (Wildman–Crippen LogP) is 0.714. The maximum atomic E-state index is 11.7. The van der Waals surface area contributed by atoms with E-state index in [0.29, 0.717) is 11.4 Å². The molecule has 2 rings (SSSR count). The molecule has 1 aromatic carbocycles. The molecule has 1 aromatic rings. The number of nitrogens with zero attached hydrogens (tertiary/aromatic N) is 1. The molecule has 0 saturated carbocycles. The molecule has 0 bridgehead atoms. The lowest BCUT2D eigenvalue weighted by atomic mass is 10.2. The summed E-state index contributed by atoms with van der Waals surface area (Å²) in [5.74, 6) is -0.280. The largest absolute Gasteiger partial charge is 0.397 e. The van der Waals surface area contributed by atoms with Gasteiger partial charge in [0.1, 0.15) is 6.04 Å². The Morgan fingerprint density at radius 1 is 1.33 bits per heavy atom. The van der Waals surface area contributed by atoms with Crippen LogP contribution in [-0.2, 0) is 4.79 Å². The lowest BCUT2D eigenvalue weighted by molar-refractivity contribution is -0.117. The highest BCUT2D eigenvalue weighted by Gasteiger charge is 2.36. The van der Waals surface area contributed by atoms with Gasteiger partial charge in [-0.2, -0.15) is 0 Å². The van der Waals surface area contributed by atoms with Crippen molar-refractivity contribution in [3.8, 4) is 0 Å². The second-order valence-corrected chi connectivity index (χ2v) is 3.40. The van der Waals surface area contributed by atoms with Crippen LogP contribution in [0.15, 0.2) is 24.3 Å². The summed E-state index contributed by atoms with van der Waals surface area (Å²) in [5.41, 5.74) is 6.54. The maximum absolute atomic E-state index is 11.7. The van der Waals surface area contributed by atoms with Gasteiger partial charge in [-0.05, 0) is 19.1 Å². The zero-order valence-corrected chi connectivity index (χ0v) is 8.23. The van der Waals surface area contributed by atoms with Gasteiger partial charge >= 0.3 is 6.03 Å². The lowest BCUT2D eigenvalue weighted by Gasteiger charge is -2.14. The second kappa shape index (κ2) is 3.27. The Hall–Kier alpha value is -2.04. The minimum atomic E-state index is -0.489. The number of rotatable bonds is 1. The van der Waals surface area contributed by atoms with Crippen LogP contribution < -0.4 is 16.0 Å². The summed E-state index contributed by atoms with van der Waals surface area (Å²) in [4.78, 5) is 24.2. The van der Waals surface area contributed by atoms with Gasteiger partial charge in [0.2, 0.25) is 0 Å². The van der Waals surface area contributed by atoms with Gasteiger partial charge in [-0.1, -0.05) is 12.1 Å². The van der Waals surface area contributed by atoms with Crippen molar-refractivity contribution in [1.82, 2.24) is 5.32 Å². The minimum absolute atomic E-state index is 0.280. The molecule has 3 N–H and O–H groups in total. The van der Waals surface area contributed by atoms with E-state index in [2.05, 4.69) is 5.32 Å². The molecule has 5 nitrogen and oxygen atoms in total. The Morgan fingerprint density at radius 3 is 2.53 bits per heavy atom. The first-order valence-electron chi connectivity index (χ1n) is 4.60. The molecular formula is C10H11N3O2. The van der Waals surface area contributed by atoms with E-state index in [1.165, 1.54) is 0 Å². The molecule has 1 heterocycles. The highest BCUT2D eigenvalue weighted by Crippen LogP contribution is 2.25. The number of nitrogens with one attached hydrogen (secondary N) is 1. The first kappa shape index (κ1) is 9.51. The quantitative estimate of drug-likeness (QED) is 0.523. The molecule has 5 heteroatoms. The van der Waals surface area contributed by atoms with Gasteiger partial charge in [0.15, 0.2) is 0 Å². The van der Waals surface area contributed by atoms with Crippen LogP contribution in [0.4, 0.5) is 16.2 Å². The third-order valence-corrected chi connectivity index (χ3v) is 2.31. The average Bonchev–Trinajstić information content (AvgIpc) is 2.43. The number of anilines is 2. The zero-order valence-electron chi connectivity index (χ0n) is 8.23. The molecular weight excluding hydrogens is 194 g/mol. The molecule has 1 saturated heterocycles. The van der Waals surface area contributed by atoms with Gasteiger partial charge in [0, 0.05) is 0 Å². The van der Waals surface area contributed by atoms with E-state index in [1.807, 2.05) is 0 Å². The fraction of sp³-hybridized carbons (Fsp3) is 0.200. The number of carbonyl (C=O) groups is 2. The normalized spacial score (nSPS) is 20.6. The van der Waals surface area contributed by atoms with Crippen LogP contribution in [0.2, 0.25) is 0 Å². The fourth-order valence-corrected chi connectivity index (χ4v) is 1.52. The van der Waals surface area contributed by atoms with Crippen molar-refractivity contribution in [3.63, 3.8) is 0 Å². The number of imide groups is 1. The van der Waals surface area contributed by atoms with E-state index in [0.717, 1.165) is 4.90 Å². The fourth-order valence-electron chi connectivity index (χ4n) is 1.52. The topological polar surface area (TPSA) is 75.4 Å². The molecule has 0 spiro atoms. The van der Waals surface area contributed by atoms with Crippen LogP contribution in [0.25, 0.3) is 0 Å². The van der Waals surface area contributed by atoms with Gasteiger partial charge in [-0.15, -0.1) is 0 Å². The molecule has 1 atom stereocenters. The van der Waals surface area contributed by atoms with Crippen LogP contribution in [-0.4, -0.2) is 18.0 Å². The van der Waals surface area contributed by atoms with Crippen LogP contribution in [0, 0.1) is 0 Å². The maximum Gasteiger partial charge on any atom is 0.329 e. The van der Waals surface area contributed by atoms with E-state index in [1.54, 1.807) is 31.2 Å². The van der Waals surface area contributed by atoms with Crippen molar-refractivity contribution in [1.29, 1.82) is 0 Å². The number of nitrogens with two attached hydrogens (primary N) is 1. The number of carbonyl (C=O) groups excluding carboxylic acids is 2. The molecule has 0 aliphatic carbocycles. The van der Waals surface area contributed by atoms with Crippen LogP contribution >= 0.6 is 0 Å². The number of benzene rings is 1. The predicted molar refractivity (Wildman–Crippen MR) is 56.3 cm³/mol. The van der Waals surface area contributed by atoms with Crippen LogP contribution in [0.5, 0.6) is 0 Å². The van der Waals surface area contributed by atoms with Crippen molar-refractivity contribution in [3.05, 3.63) is 24.3 Å². The number of para-hydroxylation sites is 2. The van der Waals surface area contributed by atoms with Gasteiger partial charge in [0.25, 0.3) is 5.91 Å². The first-order chi connectivity index (χ1) is 7.11. The molecule has 3 amide bonds. The number of amides is 3. The number of nitrogen functional groups attached to an aromatic ring is 1. The Bertz CT molecular complexity index is 430. The summed E-state index contributed by atoms with van der Waals surface area (Å²) in [6.45, 7) is 1.64. The SMILES string of the molecule is CC1NC(=O)N(c2ccccc2N)C1=O. The first-order valence-corrected chi connectivity index (χ1v) is 4.60. The van der Waals surface area contributed by atoms with Crippen LogP contribution in [0.3, 0.4) is 0 Å². The van der Waals surface area contributed by atoms with Crippen molar-refractivity contribution in [2.75, 3.05) is 10.6 Å². The number of hydrogen-bond donors (Lipinski definition) is 2. The van der Waals surface area contributed by atoms with E-state index < -0.39 is 12.1 Å². The molecule has 0 radical (unpaired) electrons. The summed E-state index contributed by atoms with van der Waals surface area (Å²) in [5, 5.41) is 2.52. The highest BCUT2D eigenvalue weighted by atomic mass is 16.2. The standard InChI is InChI=1S/C10H11N3O2/c1-6-9(14)13(10(15)12-6)8-5-3-2-4-7(8)11/h2-6H,11H2,1H3,(H,12,15). The third kappa shape index (κ3) is 1.41. The van der Waals surface area contributed by atoms with Crippen molar-refractivity contribution in [2.24, 2.45) is 0 Å². The third-order valence-electron chi connectivity index (χ3n) is 2.31. The van der Waals surface area contributed by atoms with Crippen LogP contribution in [0.1, 0.15) is 6.92 Å². The Balaban J connectivity index is 2.44. The summed E-state index contributed by atoms with van der Waals surface area (Å²) in [7, 11) is 0. The average molecular weight is 205 g/mol. The minimum Gasteiger partial charge on any atom is -0.397 e. The van der Waals surface area contributed by atoms with Gasteiger partial charge in [-0.25, -0.2) is 9.69 Å². The van der Waals surface area contributed by atoms with Gasteiger partial charge < -0.3 is 11.1 Å². The summed E-state index contributed by atoms with van der Waals surface area (Å²) >= 11 is 0. The van der Waals surface area contributed by atoms with Crippen molar-refractivity contribution < 1.29 is 9.59 Å². The zero-order chi connectivity index (χ0) is 11.0. The van der Waals surface area contributed by atoms with E-state index in [9.17, 15) is 9.59 Å². The smallest absolute Gasteiger partial charge is 0.329 e. The summed E-state index contributed by atoms with van der Waals surface area (Å²) < 4.78 is 0. The second-order valence-electron chi connectivity index (χ2n) is 3.40. The molecule has 1 aliphatic rings. The summed E-state index contributed by atoms with van der Waals surface area (Å²) in [6, 6.07) is 5.86. The number of hydrogen-bond acceptors (Lipinski definition) is 3. The highest BCUT2D eigenvalue weighted by molar-refractivity contribution is 6.22. The lowest BCUT2D eigenvalue weighted by Crippen LogP contribution is -2.31. The molecule has 1 aliphatic heterocycles. The van der Waals surface area contributed by atoms with Gasteiger partial charge in [0.05, 0.1) is 11.4 Å². The monoisotopic (exact) mass is 205 g/mol. The Morgan fingerprint density at radius 2 is 2.00 bits per heavy atom. The molecule has 1 fully saturated rings. The summed E-state index contributed by atoms with van der Waals surface area (Å²) in [6.07, 6.45) is 0.